The van der Waals surface area contributed by atoms with Gasteiger partial charge >= 0.3 is 6.09 Å². The maximum atomic E-state index is 14.0. The Hall–Kier alpha value is -3.35. The number of ether oxygens (including phenoxy) is 1. The van der Waals surface area contributed by atoms with E-state index in [-0.39, 0.29) is 24.3 Å². The lowest BCUT2D eigenvalue weighted by atomic mass is 9.90. The van der Waals surface area contributed by atoms with E-state index in [0.29, 0.717) is 12.3 Å². The largest absolute Gasteiger partial charge is 0.413 e. The Bertz CT molecular complexity index is 1100. The Balaban J connectivity index is 1.71. The molecule has 2 aromatic rings. The summed E-state index contributed by atoms with van der Waals surface area (Å²) in [6, 6.07) is 14.1. The number of aryl methyl sites for hydroxylation is 1. The minimum absolute atomic E-state index is 0.0416. The molecule has 1 aliphatic carbocycles. The van der Waals surface area contributed by atoms with Crippen molar-refractivity contribution in [3.63, 3.8) is 0 Å². The fourth-order valence-electron chi connectivity index (χ4n) is 5.05. The van der Waals surface area contributed by atoms with Gasteiger partial charge in [0.2, 0.25) is 0 Å². The highest BCUT2D eigenvalue weighted by Crippen LogP contribution is 2.40. The first-order valence-corrected chi connectivity index (χ1v) is 12.9. The van der Waals surface area contributed by atoms with Crippen molar-refractivity contribution in [2.75, 3.05) is 22.9 Å². The van der Waals surface area contributed by atoms with Gasteiger partial charge in [-0.3, -0.25) is 9.59 Å². The third kappa shape index (κ3) is 5.72. The molecule has 1 heterocycles. The number of hydrogen-bond acceptors (Lipinski definition) is 5. The number of amides is 2. The monoisotopic (exact) mass is 491 g/mol. The zero-order valence-corrected chi connectivity index (χ0v) is 21.8. The van der Waals surface area contributed by atoms with E-state index >= 15 is 0 Å². The van der Waals surface area contributed by atoms with Gasteiger partial charge in [-0.15, -0.1) is 0 Å². The van der Waals surface area contributed by atoms with Crippen LogP contribution >= 0.6 is 0 Å². The molecule has 0 saturated heterocycles. The first-order chi connectivity index (χ1) is 17.1. The van der Waals surface area contributed by atoms with E-state index in [1.165, 1.54) is 6.42 Å². The number of Topliss-reactive ketones (excluding diaryl/α,β-unsaturated/α-hetero) is 1. The molecule has 7 heteroatoms. The minimum Gasteiger partial charge on any atom is -0.410 e. The third-order valence-electron chi connectivity index (χ3n) is 7.14. The van der Waals surface area contributed by atoms with Crippen molar-refractivity contribution < 1.29 is 19.1 Å². The van der Waals surface area contributed by atoms with Crippen LogP contribution in [0, 0.1) is 12.3 Å². The van der Waals surface area contributed by atoms with Crippen LogP contribution in [0.4, 0.5) is 16.2 Å². The number of ketones is 1. The van der Waals surface area contributed by atoms with Gasteiger partial charge in [0.25, 0.3) is 5.91 Å². The van der Waals surface area contributed by atoms with Crippen LogP contribution in [0.25, 0.3) is 0 Å². The molecule has 0 bridgehead atoms. The smallest absolute Gasteiger partial charge is 0.410 e. The molecule has 1 aliphatic heterocycles. The van der Waals surface area contributed by atoms with E-state index in [9.17, 15) is 14.4 Å². The number of para-hydroxylation sites is 2. The summed E-state index contributed by atoms with van der Waals surface area (Å²) >= 11 is 0. The molecular formula is C29H37N3O4. The number of benzene rings is 2. The zero-order valence-electron chi connectivity index (χ0n) is 21.8. The van der Waals surface area contributed by atoms with Gasteiger partial charge in [0.15, 0.2) is 5.78 Å². The fraction of sp³-hybridized carbons (Fsp3) is 0.483. The molecule has 0 spiro atoms. The predicted molar refractivity (Wildman–Crippen MR) is 142 cm³/mol. The van der Waals surface area contributed by atoms with E-state index in [1.54, 1.807) is 29.2 Å². The highest BCUT2D eigenvalue weighted by molar-refractivity contribution is 6.07. The summed E-state index contributed by atoms with van der Waals surface area (Å²) in [6.07, 6.45) is 4.86. The summed E-state index contributed by atoms with van der Waals surface area (Å²) in [4.78, 5) is 43.8. The summed E-state index contributed by atoms with van der Waals surface area (Å²) in [5.41, 5.74) is 2.14. The molecule has 0 unspecified atom stereocenters. The molecule has 1 N–H and O–H groups in total. The van der Waals surface area contributed by atoms with Crippen LogP contribution < -0.4 is 19.9 Å². The van der Waals surface area contributed by atoms with Crippen LogP contribution in [0.5, 0.6) is 5.75 Å². The average molecular weight is 492 g/mol. The number of nitrogens with one attached hydrogen (secondary N) is 1. The fourth-order valence-corrected chi connectivity index (χ4v) is 5.05. The number of hydrogen-bond donors (Lipinski definition) is 1. The molecule has 2 amide bonds. The molecule has 2 aromatic carbocycles. The predicted octanol–water partition coefficient (Wildman–Crippen LogP) is 5.25. The van der Waals surface area contributed by atoms with Gasteiger partial charge in [-0.25, -0.2) is 4.79 Å². The van der Waals surface area contributed by atoms with Crippen LogP contribution in [0.3, 0.4) is 0 Å². The van der Waals surface area contributed by atoms with Crippen LogP contribution in [0.15, 0.2) is 48.5 Å². The van der Waals surface area contributed by atoms with Gasteiger partial charge in [0, 0.05) is 18.0 Å². The van der Waals surface area contributed by atoms with Gasteiger partial charge in [-0.1, -0.05) is 70.4 Å². The zero-order chi connectivity index (χ0) is 25.9. The van der Waals surface area contributed by atoms with Crippen LogP contribution in [0.1, 0.15) is 58.4 Å². The molecule has 36 heavy (non-hydrogen) atoms. The Kier molecular flexibility index (Phi) is 7.67. The van der Waals surface area contributed by atoms with Crippen molar-refractivity contribution in [3.05, 3.63) is 54.1 Å². The van der Waals surface area contributed by atoms with Crippen molar-refractivity contribution in [2.24, 2.45) is 5.41 Å². The number of anilines is 2. The number of carbonyl (C=O) groups is 3. The summed E-state index contributed by atoms with van der Waals surface area (Å²) in [7, 11) is 0. The number of carbonyl (C=O) groups excluding carboxylic acids is 3. The lowest BCUT2D eigenvalue weighted by Crippen LogP contribution is -2.55. The van der Waals surface area contributed by atoms with E-state index in [0.717, 1.165) is 42.6 Å². The summed E-state index contributed by atoms with van der Waals surface area (Å²) in [6.45, 7) is 7.89. The summed E-state index contributed by atoms with van der Waals surface area (Å²) < 4.78 is 5.45. The first kappa shape index (κ1) is 25.7. The van der Waals surface area contributed by atoms with Crippen molar-refractivity contribution >= 4 is 29.2 Å². The maximum absolute atomic E-state index is 14.0. The maximum Gasteiger partial charge on any atom is 0.413 e. The van der Waals surface area contributed by atoms with E-state index in [2.05, 4.69) is 10.2 Å². The lowest BCUT2D eigenvalue weighted by Gasteiger charge is -2.38. The Labute approximate surface area is 213 Å². The quantitative estimate of drug-likeness (QED) is 0.618. The lowest BCUT2D eigenvalue weighted by molar-refractivity contribution is -0.127. The van der Waals surface area contributed by atoms with Crippen molar-refractivity contribution in [3.8, 4) is 5.75 Å². The molecule has 1 atom stereocenters. The first-order valence-electron chi connectivity index (χ1n) is 12.9. The van der Waals surface area contributed by atoms with Gasteiger partial charge < -0.3 is 19.9 Å². The molecular weight excluding hydrogens is 454 g/mol. The second kappa shape index (κ2) is 10.7. The SMILES string of the molecule is Cc1cccc2c1N(C1CCCCC1)C[C@@H](NC(=O)Oc1ccccc1)C(=O)N2CC(=O)C(C)(C)C. The van der Waals surface area contributed by atoms with Crippen molar-refractivity contribution in [2.45, 2.75) is 71.9 Å². The molecule has 192 valence electrons. The van der Waals surface area contributed by atoms with Crippen LogP contribution in [-0.4, -0.2) is 43.0 Å². The standard InChI is InChI=1S/C29H37N3O4/c1-20-12-11-17-24-26(20)31(21-13-7-5-8-14-21)18-23(27(34)32(24)19-25(33)29(2,3)4)30-28(35)36-22-15-9-6-10-16-22/h6,9-12,15-17,21,23H,5,7-8,13-14,18-19H2,1-4H3,(H,30,35)/t23-/m1/s1. The van der Waals surface area contributed by atoms with Gasteiger partial charge in [-0.2, -0.15) is 0 Å². The van der Waals surface area contributed by atoms with E-state index < -0.39 is 17.6 Å². The average Bonchev–Trinajstić information content (AvgIpc) is 2.96. The second-order valence-corrected chi connectivity index (χ2v) is 10.9. The highest BCUT2D eigenvalue weighted by atomic mass is 16.6. The summed E-state index contributed by atoms with van der Waals surface area (Å²) in [5.74, 6) is 0.0573. The molecule has 1 saturated carbocycles. The number of nitrogens with zero attached hydrogens (tertiary/aromatic N) is 2. The summed E-state index contributed by atoms with van der Waals surface area (Å²) in [5, 5.41) is 2.82. The van der Waals surface area contributed by atoms with E-state index in [1.807, 2.05) is 52.0 Å². The molecule has 0 radical (unpaired) electrons. The topological polar surface area (TPSA) is 79.0 Å². The normalized spacial score (nSPS) is 18.9. The Morgan fingerprint density at radius 2 is 1.69 bits per heavy atom. The van der Waals surface area contributed by atoms with Crippen LogP contribution in [0.2, 0.25) is 0 Å². The molecule has 2 aliphatic rings. The Morgan fingerprint density at radius 1 is 1.00 bits per heavy atom. The van der Waals surface area contributed by atoms with Gasteiger partial charge in [0.1, 0.15) is 11.8 Å². The third-order valence-corrected chi connectivity index (χ3v) is 7.14. The van der Waals surface area contributed by atoms with Crippen molar-refractivity contribution in [1.29, 1.82) is 0 Å². The van der Waals surface area contributed by atoms with Crippen LogP contribution in [-0.2, 0) is 9.59 Å². The number of fused-ring (bicyclic) bond motifs is 1. The van der Waals surface area contributed by atoms with E-state index in [4.69, 9.17) is 4.74 Å². The van der Waals surface area contributed by atoms with Crippen molar-refractivity contribution in [1.82, 2.24) is 5.32 Å². The van der Waals surface area contributed by atoms with Gasteiger partial charge in [-0.05, 0) is 43.5 Å². The molecule has 4 rings (SSSR count). The Morgan fingerprint density at radius 3 is 2.36 bits per heavy atom. The molecule has 1 fully saturated rings. The van der Waals surface area contributed by atoms with Gasteiger partial charge in [0.05, 0.1) is 17.9 Å². The minimum atomic E-state index is -0.859. The highest BCUT2D eigenvalue weighted by Gasteiger charge is 2.40. The second-order valence-electron chi connectivity index (χ2n) is 10.9. The number of rotatable bonds is 5. The molecule has 7 nitrogen and oxygen atoms in total. The molecule has 0 aromatic heterocycles.